The van der Waals surface area contributed by atoms with Gasteiger partial charge in [-0.05, 0) is 32.7 Å². The summed E-state index contributed by atoms with van der Waals surface area (Å²) in [5, 5.41) is 19.1. The number of carboxylic acids is 2. The molecule has 2 aliphatic rings. The van der Waals surface area contributed by atoms with Crippen molar-refractivity contribution >= 4 is 17.6 Å². The first kappa shape index (κ1) is 19.7. The molecule has 3 N–H and O–H groups in total. The lowest BCUT2D eigenvalue weighted by molar-refractivity contribution is -0.134. The van der Waals surface area contributed by atoms with Crippen molar-refractivity contribution in [3.8, 4) is 5.75 Å². The van der Waals surface area contributed by atoms with Crippen LogP contribution in [0.15, 0.2) is 30.6 Å². The smallest absolute Gasteiger partial charge is 0.328 e. The highest BCUT2D eigenvalue weighted by Crippen LogP contribution is 2.34. The molecule has 2 fully saturated rings. The molecule has 0 spiro atoms. The van der Waals surface area contributed by atoms with Gasteiger partial charge in [0, 0.05) is 36.8 Å². The molecule has 0 radical (unpaired) electrons. The quantitative estimate of drug-likeness (QED) is 0.675. The van der Waals surface area contributed by atoms with Crippen LogP contribution < -0.4 is 15.0 Å². The van der Waals surface area contributed by atoms with Gasteiger partial charge < -0.3 is 25.2 Å². The van der Waals surface area contributed by atoms with Crippen LogP contribution in [0.5, 0.6) is 5.75 Å². The molecule has 3 rings (SSSR count). The van der Waals surface area contributed by atoms with Crippen LogP contribution in [0.25, 0.3) is 0 Å². The molecule has 0 aliphatic carbocycles. The number of ether oxygens (including phenoxy) is 1. The summed E-state index contributed by atoms with van der Waals surface area (Å²) in [6, 6.07) is 3.42. The molecule has 2 atom stereocenters. The number of hydrogen-bond donors (Lipinski definition) is 3. The molecule has 2 saturated heterocycles. The summed E-state index contributed by atoms with van der Waals surface area (Å²) >= 11 is 0. The summed E-state index contributed by atoms with van der Waals surface area (Å²) in [4.78, 5) is 26.0. The van der Waals surface area contributed by atoms with E-state index in [9.17, 15) is 9.59 Å². The van der Waals surface area contributed by atoms with E-state index in [0.29, 0.717) is 30.8 Å². The van der Waals surface area contributed by atoms with Crippen molar-refractivity contribution in [1.29, 1.82) is 0 Å². The molecule has 2 aliphatic heterocycles. The van der Waals surface area contributed by atoms with Gasteiger partial charge in [0.05, 0.1) is 24.7 Å². The van der Waals surface area contributed by atoms with E-state index in [0.717, 1.165) is 18.8 Å². The van der Waals surface area contributed by atoms with Crippen LogP contribution in [-0.4, -0.2) is 58.9 Å². The third-order valence-electron chi connectivity index (χ3n) is 4.33. The molecule has 2 bridgehead atoms. The van der Waals surface area contributed by atoms with Crippen LogP contribution in [0.2, 0.25) is 0 Å². The number of hydrogen-bond acceptors (Lipinski definition) is 6. The van der Waals surface area contributed by atoms with Gasteiger partial charge in [-0.2, -0.15) is 0 Å². The van der Waals surface area contributed by atoms with Crippen molar-refractivity contribution in [3.63, 3.8) is 0 Å². The molecule has 1 aromatic heterocycles. The fourth-order valence-corrected chi connectivity index (χ4v) is 3.34. The number of anilines is 1. The number of nitrogens with zero attached hydrogens (tertiary/aromatic N) is 2. The second kappa shape index (κ2) is 9.76. The van der Waals surface area contributed by atoms with Crippen LogP contribution in [0.3, 0.4) is 0 Å². The summed E-state index contributed by atoms with van der Waals surface area (Å²) in [6.45, 7) is 4.93. The Kier molecular flexibility index (Phi) is 7.40. The lowest BCUT2D eigenvalue weighted by Crippen LogP contribution is -2.38. The number of carboxylic acid groups (broad SMARTS) is 2. The van der Waals surface area contributed by atoms with Gasteiger partial charge >= 0.3 is 11.9 Å². The third kappa shape index (κ3) is 5.73. The van der Waals surface area contributed by atoms with E-state index in [-0.39, 0.29) is 0 Å². The van der Waals surface area contributed by atoms with Crippen LogP contribution in [0.4, 0.5) is 5.69 Å². The lowest BCUT2D eigenvalue weighted by atomic mass is 10.1. The van der Waals surface area contributed by atoms with E-state index >= 15 is 0 Å². The number of fused-ring (bicyclic) bond motifs is 2. The second-order valence-corrected chi connectivity index (χ2v) is 6.11. The number of aliphatic carboxylic acids is 2. The summed E-state index contributed by atoms with van der Waals surface area (Å²) < 4.78 is 5.55. The van der Waals surface area contributed by atoms with Crippen LogP contribution in [-0.2, 0) is 9.59 Å². The minimum absolute atomic E-state index is 0.558. The monoisotopic (exact) mass is 363 g/mol. The summed E-state index contributed by atoms with van der Waals surface area (Å²) in [7, 11) is 0. The van der Waals surface area contributed by atoms with Gasteiger partial charge in [-0.3, -0.25) is 4.98 Å². The molecule has 8 heteroatoms. The zero-order valence-corrected chi connectivity index (χ0v) is 14.8. The van der Waals surface area contributed by atoms with Crippen molar-refractivity contribution < 1.29 is 24.5 Å². The maximum absolute atomic E-state index is 9.55. The van der Waals surface area contributed by atoms with Gasteiger partial charge in [0.15, 0.2) is 0 Å². The Morgan fingerprint density at radius 1 is 1.23 bits per heavy atom. The highest BCUT2D eigenvalue weighted by atomic mass is 16.5. The number of nitrogens with one attached hydrogen (secondary N) is 1. The fourth-order valence-electron chi connectivity index (χ4n) is 3.34. The summed E-state index contributed by atoms with van der Waals surface area (Å²) in [6.07, 6.45) is 8.71. The topological polar surface area (TPSA) is 112 Å². The first-order valence-corrected chi connectivity index (χ1v) is 8.72. The zero-order valence-electron chi connectivity index (χ0n) is 14.8. The second-order valence-electron chi connectivity index (χ2n) is 6.11. The Bertz CT molecular complexity index is 619. The van der Waals surface area contributed by atoms with E-state index in [1.165, 1.54) is 24.9 Å². The highest BCUT2D eigenvalue weighted by Gasteiger charge is 2.35. The number of rotatable bonds is 5. The Labute approximate surface area is 152 Å². The van der Waals surface area contributed by atoms with Gasteiger partial charge in [-0.15, -0.1) is 0 Å². The molecule has 8 nitrogen and oxygen atoms in total. The van der Waals surface area contributed by atoms with Gasteiger partial charge in [0.25, 0.3) is 0 Å². The molecule has 0 amide bonds. The molecule has 142 valence electrons. The summed E-state index contributed by atoms with van der Waals surface area (Å²) in [5.74, 6) is -1.63. The van der Waals surface area contributed by atoms with Crippen LogP contribution >= 0.6 is 0 Å². The number of pyridine rings is 1. The highest BCUT2D eigenvalue weighted by molar-refractivity contribution is 5.89. The Hall–Kier alpha value is -2.61. The van der Waals surface area contributed by atoms with Crippen molar-refractivity contribution in [2.24, 2.45) is 0 Å². The van der Waals surface area contributed by atoms with E-state index in [4.69, 9.17) is 14.9 Å². The largest absolute Gasteiger partial charge is 0.492 e. The Balaban J connectivity index is 0.000000260. The van der Waals surface area contributed by atoms with Crippen molar-refractivity contribution in [3.05, 3.63) is 30.6 Å². The molecule has 0 saturated carbocycles. The van der Waals surface area contributed by atoms with Crippen molar-refractivity contribution in [2.45, 2.75) is 38.3 Å². The predicted octanol–water partition coefficient (Wildman–Crippen LogP) is 1.52. The third-order valence-corrected chi connectivity index (χ3v) is 4.33. The fraction of sp³-hybridized carbons (Fsp3) is 0.500. The Morgan fingerprint density at radius 3 is 2.58 bits per heavy atom. The standard InChI is InChI=1S/C14H21N3O.C4H4O4/c1-2-18-14-7-13(9-16-10-14)17-11-3-4-12(17)8-15-6-5-11;5-3(6)1-2-4(7)8/h7,9-12,15H,2-6,8H2,1H3;1-2H,(H,5,6)(H,7,8)/b;2-1+/t11-,12+;/m0./s1. The zero-order chi connectivity index (χ0) is 18.9. The molecule has 0 aromatic carbocycles. The van der Waals surface area contributed by atoms with Crippen molar-refractivity contribution in [2.75, 3.05) is 24.6 Å². The van der Waals surface area contributed by atoms with E-state index in [2.05, 4.69) is 21.3 Å². The maximum Gasteiger partial charge on any atom is 0.328 e. The molecule has 0 unspecified atom stereocenters. The molecule has 1 aromatic rings. The minimum Gasteiger partial charge on any atom is -0.492 e. The average molecular weight is 363 g/mol. The maximum atomic E-state index is 9.55. The first-order chi connectivity index (χ1) is 12.5. The average Bonchev–Trinajstić information content (AvgIpc) is 2.87. The van der Waals surface area contributed by atoms with E-state index < -0.39 is 11.9 Å². The van der Waals surface area contributed by atoms with Crippen molar-refractivity contribution in [1.82, 2.24) is 10.3 Å². The lowest BCUT2D eigenvalue weighted by Gasteiger charge is -2.30. The molecular formula is C18H25N3O5. The van der Waals surface area contributed by atoms with Gasteiger partial charge in [0.2, 0.25) is 0 Å². The van der Waals surface area contributed by atoms with Crippen LogP contribution in [0, 0.1) is 0 Å². The summed E-state index contributed by atoms with van der Waals surface area (Å²) in [5.41, 5.74) is 1.22. The number of carbonyl (C=O) groups is 2. The molecule has 3 heterocycles. The predicted molar refractivity (Wildman–Crippen MR) is 96.6 cm³/mol. The van der Waals surface area contributed by atoms with Gasteiger partial charge in [-0.1, -0.05) is 0 Å². The molecule has 26 heavy (non-hydrogen) atoms. The van der Waals surface area contributed by atoms with E-state index in [1.54, 1.807) is 6.20 Å². The molecular weight excluding hydrogens is 338 g/mol. The SMILES string of the molecule is CCOc1cncc(N2[C@@H]3CCNC[C@H]2CC3)c1.O=C(O)/C=C/C(=O)O. The van der Waals surface area contributed by atoms with Gasteiger partial charge in [0.1, 0.15) is 5.75 Å². The Morgan fingerprint density at radius 2 is 1.92 bits per heavy atom. The number of aromatic nitrogens is 1. The minimum atomic E-state index is -1.26. The van der Waals surface area contributed by atoms with Crippen LogP contribution in [0.1, 0.15) is 26.2 Å². The van der Waals surface area contributed by atoms with E-state index in [1.807, 2.05) is 13.1 Å². The van der Waals surface area contributed by atoms with Gasteiger partial charge in [-0.25, -0.2) is 9.59 Å². The normalized spacial score (nSPS) is 21.7. The first-order valence-electron chi connectivity index (χ1n) is 8.72.